The Balaban J connectivity index is 3.20. The summed E-state index contributed by atoms with van der Waals surface area (Å²) < 4.78 is 0. The molecule has 0 unspecified atom stereocenters. The molecular formula is C10H12ClN. The Morgan fingerprint density at radius 2 is 2.25 bits per heavy atom. The molecule has 0 aliphatic carbocycles. The second kappa shape index (κ2) is 3.74. The van der Waals surface area contributed by atoms with Crippen LogP contribution in [0.5, 0.6) is 0 Å². The molecule has 0 heterocycles. The maximum Gasteiger partial charge on any atom is 0.0496 e. The highest BCUT2D eigenvalue weighted by Gasteiger charge is 2.08. The van der Waals surface area contributed by atoms with Crippen LogP contribution >= 0.6 is 11.6 Å². The zero-order valence-electron chi connectivity index (χ0n) is 7.05. The highest BCUT2D eigenvalue weighted by atomic mass is 35.5. The van der Waals surface area contributed by atoms with Crippen molar-refractivity contribution >= 4 is 11.6 Å². The quantitative estimate of drug-likeness (QED) is 0.698. The first kappa shape index (κ1) is 9.30. The van der Waals surface area contributed by atoms with Crippen molar-refractivity contribution in [1.29, 1.82) is 0 Å². The molecule has 0 spiro atoms. The first-order valence-electron chi connectivity index (χ1n) is 3.80. The molecule has 0 saturated heterocycles. The normalized spacial score (nSPS) is 12.6. The SMILES string of the molecule is C=C[C@@H](N)c1c(C)cccc1Cl. The van der Waals surface area contributed by atoms with Crippen LogP contribution in [0.3, 0.4) is 0 Å². The molecule has 0 aromatic heterocycles. The van der Waals surface area contributed by atoms with Gasteiger partial charge in [-0.1, -0.05) is 29.8 Å². The Morgan fingerprint density at radius 1 is 1.58 bits per heavy atom. The van der Waals surface area contributed by atoms with Gasteiger partial charge in [0.15, 0.2) is 0 Å². The van der Waals surface area contributed by atoms with Crippen LogP contribution in [-0.2, 0) is 0 Å². The average Bonchev–Trinajstić information content (AvgIpc) is 2.03. The number of aryl methyl sites for hydroxylation is 1. The van der Waals surface area contributed by atoms with Gasteiger partial charge in [0.05, 0.1) is 0 Å². The van der Waals surface area contributed by atoms with Crippen LogP contribution in [0.4, 0.5) is 0 Å². The van der Waals surface area contributed by atoms with E-state index < -0.39 is 0 Å². The topological polar surface area (TPSA) is 26.0 Å². The molecule has 1 rings (SSSR count). The van der Waals surface area contributed by atoms with Crippen molar-refractivity contribution in [3.8, 4) is 0 Å². The van der Waals surface area contributed by atoms with Gasteiger partial charge in [-0.05, 0) is 24.1 Å². The molecule has 0 fully saturated rings. The number of rotatable bonds is 2. The van der Waals surface area contributed by atoms with Crippen LogP contribution in [0.1, 0.15) is 17.2 Å². The van der Waals surface area contributed by atoms with Crippen LogP contribution in [0, 0.1) is 6.92 Å². The van der Waals surface area contributed by atoms with Crippen LogP contribution < -0.4 is 5.73 Å². The van der Waals surface area contributed by atoms with E-state index in [4.69, 9.17) is 17.3 Å². The molecule has 0 radical (unpaired) electrons. The van der Waals surface area contributed by atoms with Crippen molar-refractivity contribution in [2.45, 2.75) is 13.0 Å². The third kappa shape index (κ3) is 1.68. The standard InChI is InChI=1S/C10H12ClN/c1-3-9(12)10-7(2)5-4-6-8(10)11/h3-6,9H,1,12H2,2H3/t9-/m1/s1. The van der Waals surface area contributed by atoms with E-state index in [9.17, 15) is 0 Å². The van der Waals surface area contributed by atoms with Gasteiger partial charge >= 0.3 is 0 Å². The summed E-state index contributed by atoms with van der Waals surface area (Å²) in [6.45, 7) is 5.63. The van der Waals surface area contributed by atoms with E-state index in [0.717, 1.165) is 11.1 Å². The second-order valence-corrected chi connectivity index (χ2v) is 3.14. The molecule has 64 valence electrons. The summed E-state index contributed by atoms with van der Waals surface area (Å²) in [6, 6.07) is 5.58. The largest absolute Gasteiger partial charge is 0.321 e. The van der Waals surface area contributed by atoms with Gasteiger partial charge in [-0.2, -0.15) is 0 Å². The molecule has 1 aromatic rings. The molecule has 1 atom stereocenters. The summed E-state index contributed by atoms with van der Waals surface area (Å²) in [5.41, 5.74) is 7.87. The molecular weight excluding hydrogens is 170 g/mol. The molecule has 1 aromatic carbocycles. The number of hydrogen-bond acceptors (Lipinski definition) is 1. The Labute approximate surface area is 77.8 Å². The van der Waals surface area contributed by atoms with E-state index in [2.05, 4.69) is 6.58 Å². The lowest BCUT2D eigenvalue weighted by Gasteiger charge is -2.11. The summed E-state index contributed by atoms with van der Waals surface area (Å²) in [5, 5.41) is 0.711. The van der Waals surface area contributed by atoms with Gasteiger partial charge < -0.3 is 5.73 Å². The molecule has 1 nitrogen and oxygen atoms in total. The van der Waals surface area contributed by atoms with Gasteiger partial charge in [-0.25, -0.2) is 0 Å². The van der Waals surface area contributed by atoms with Crippen LogP contribution in [0.15, 0.2) is 30.9 Å². The minimum atomic E-state index is -0.168. The van der Waals surface area contributed by atoms with E-state index in [0.29, 0.717) is 5.02 Å². The summed E-state index contributed by atoms with van der Waals surface area (Å²) in [4.78, 5) is 0. The number of hydrogen-bond donors (Lipinski definition) is 1. The Morgan fingerprint density at radius 3 is 2.75 bits per heavy atom. The predicted octanol–water partition coefficient (Wildman–Crippen LogP) is 2.83. The monoisotopic (exact) mass is 181 g/mol. The van der Waals surface area contributed by atoms with Crippen molar-refractivity contribution in [3.63, 3.8) is 0 Å². The van der Waals surface area contributed by atoms with Gasteiger partial charge in [0.25, 0.3) is 0 Å². The van der Waals surface area contributed by atoms with Gasteiger partial charge in [0.2, 0.25) is 0 Å². The van der Waals surface area contributed by atoms with Crippen molar-refractivity contribution in [2.24, 2.45) is 5.73 Å². The lowest BCUT2D eigenvalue weighted by molar-refractivity contribution is 0.903. The van der Waals surface area contributed by atoms with E-state index in [1.165, 1.54) is 0 Å². The Kier molecular flexibility index (Phi) is 2.90. The van der Waals surface area contributed by atoms with Gasteiger partial charge in [-0.15, -0.1) is 6.58 Å². The fourth-order valence-electron chi connectivity index (χ4n) is 1.18. The molecule has 0 saturated carbocycles. The number of nitrogens with two attached hydrogens (primary N) is 1. The fourth-order valence-corrected chi connectivity index (χ4v) is 1.53. The van der Waals surface area contributed by atoms with Crippen LogP contribution in [-0.4, -0.2) is 0 Å². The minimum absolute atomic E-state index is 0.168. The van der Waals surface area contributed by atoms with Crippen molar-refractivity contribution in [1.82, 2.24) is 0 Å². The highest BCUT2D eigenvalue weighted by Crippen LogP contribution is 2.25. The van der Waals surface area contributed by atoms with Crippen molar-refractivity contribution in [2.75, 3.05) is 0 Å². The predicted molar refractivity (Wildman–Crippen MR) is 53.3 cm³/mol. The molecule has 0 amide bonds. The summed E-state index contributed by atoms with van der Waals surface area (Å²) >= 11 is 5.98. The summed E-state index contributed by atoms with van der Waals surface area (Å²) in [7, 11) is 0. The molecule has 2 heteroatoms. The first-order chi connectivity index (χ1) is 5.66. The van der Waals surface area contributed by atoms with Crippen molar-refractivity contribution < 1.29 is 0 Å². The van der Waals surface area contributed by atoms with E-state index in [-0.39, 0.29) is 6.04 Å². The zero-order chi connectivity index (χ0) is 9.14. The molecule has 0 bridgehead atoms. The zero-order valence-corrected chi connectivity index (χ0v) is 7.81. The van der Waals surface area contributed by atoms with Gasteiger partial charge in [-0.3, -0.25) is 0 Å². The highest BCUT2D eigenvalue weighted by molar-refractivity contribution is 6.31. The average molecular weight is 182 g/mol. The van der Waals surface area contributed by atoms with E-state index >= 15 is 0 Å². The number of benzene rings is 1. The van der Waals surface area contributed by atoms with Gasteiger partial charge in [0.1, 0.15) is 0 Å². The summed E-state index contributed by atoms with van der Waals surface area (Å²) in [6.07, 6.45) is 1.69. The second-order valence-electron chi connectivity index (χ2n) is 2.73. The number of halogens is 1. The molecule has 0 aliphatic heterocycles. The lowest BCUT2D eigenvalue weighted by atomic mass is 10.0. The lowest BCUT2D eigenvalue weighted by Crippen LogP contribution is -2.08. The molecule has 12 heavy (non-hydrogen) atoms. The Hall–Kier alpha value is -0.790. The molecule has 2 N–H and O–H groups in total. The van der Waals surface area contributed by atoms with Crippen LogP contribution in [0.25, 0.3) is 0 Å². The Bertz CT molecular complexity index is 274. The minimum Gasteiger partial charge on any atom is -0.321 e. The fraction of sp³-hybridized carbons (Fsp3) is 0.200. The maximum absolute atomic E-state index is 5.98. The third-order valence-corrected chi connectivity index (χ3v) is 2.19. The molecule has 0 aliphatic rings. The van der Waals surface area contributed by atoms with E-state index in [1.807, 2.05) is 25.1 Å². The van der Waals surface area contributed by atoms with E-state index in [1.54, 1.807) is 6.08 Å². The van der Waals surface area contributed by atoms with Crippen molar-refractivity contribution in [3.05, 3.63) is 47.0 Å². The maximum atomic E-state index is 5.98. The van der Waals surface area contributed by atoms with Gasteiger partial charge in [0, 0.05) is 11.1 Å². The smallest absolute Gasteiger partial charge is 0.0496 e. The summed E-state index contributed by atoms with van der Waals surface area (Å²) in [5.74, 6) is 0. The first-order valence-corrected chi connectivity index (χ1v) is 4.17. The third-order valence-electron chi connectivity index (χ3n) is 1.86. The van der Waals surface area contributed by atoms with Crippen LogP contribution in [0.2, 0.25) is 5.02 Å².